The third kappa shape index (κ3) is 4.76. The van der Waals surface area contributed by atoms with Crippen molar-refractivity contribution in [2.75, 3.05) is 6.54 Å². The molecule has 0 spiro atoms. The number of hydrogen-bond donors (Lipinski definition) is 1. The standard InChI is InChI=1S/C26H22ClN2O3P/c27-23-18-16-22(17-19-23)26(20-29(30)31,21-10-4-1-5-11-21)28-33(32,24-12-6-2-7-13-24)25-14-8-3-9-15-25/h1-19H,20H2,(H,28,32). The van der Waals surface area contributed by atoms with Crippen LogP contribution >= 0.6 is 18.9 Å². The van der Waals surface area contributed by atoms with Crippen molar-refractivity contribution in [3.8, 4) is 0 Å². The Kier molecular flexibility index (Phi) is 6.75. The number of halogens is 1. The molecule has 5 nitrogen and oxygen atoms in total. The zero-order valence-corrected chi connectivity index (χ0v) is 19.3. The normalized spacial score (nSPS) is 13.2. The molecule has 0 aliphatic rings. The highest BCUT2D eigenvalue weighted by Gasteiger charge is 2.46. The summed E-state index contributed by atoms with van der Waals surface area (Å²) in [5.74, 6) is 0. The van der Waals surface area contributed by atoms with Crippen LogP contribution in [0.1, 0.15) is 11.1 Å². The highest BCUT2D eigenvalue weighted by atomic mass is 35.5. The van der Waals surface area contributed by atoms with Crippen molar-refractivity contribution in [3.63, 3.8) is 0 Å². The van der Waals surface area contributed by atoms with Crippen molar-refractivity contribution in [1.29, 1.82) is 0 Å². The van der Waals surface area contributed by atoms with Crippen molar-refractivity contribution in [3.05, 3.63) is 142 Å². The maximum Gasteiger partial charge on any atom is 0.230 e. The lowest BCUT2D eigenvalue weighted by molar-refractivity contribution is -0.489. The van der Waals surface area contributed by atoms with Gasteiger partial charge in [-0.25, -0.2) is 5.09 Å². The van der Waals surface area contributed by atoms with Gasteiger partial charge in [0.05, 0.1) is 0 Å². The van der Waals surface area contributed by atoms with Crippen LogP contribution in [0.15, 0.2) is 115 Å². The molecule has 0 bridgehead atoms. The van der Waals surface area contributed by atoms with E-state index in [1.165, 1.54) is 0 Å². The fourth-order valence-electron chi connectivity index (χ4n) is 3.99. The minimum absolute atomic E-state index is 0.380. The molecule has 4 aromatic rings. The number of benzene rings is 4. The van der Waals surface area contributed by atoms with E-state index in [1.54, 1.807) is 48.5 Å². The Morgan fingerprint density at radius 2 is 1.15 bits per heavy atom. The summed E-state index contributed by atoms with van der Waals surface area (Å²) in [6, 6.07) is 34.0. The summed E-state index contributed by atoms with van der Waals surface area (Å²) in [5.41, 5.74) is -0.144. The van der Waals surface area contributed by atoms with Gasteiger partial charge in [0, 0.05) is 20.6 Å². The molecule has 1 atom stereocenters. The quantitative estimate of drug-likeness (QED) is 0.210. The van der Waals surface area contributed by atoms with Crippen LogP contribution in [-0.2, 0) is 10.1 Å². The predicted octanol–water partition coefficient (Wildman–Crippen LogP) is 5.38. The smallest absolute Gasteiger partial charge is 0.230 e. The first-order valence-electron chi connectivity index (χ1n) is 10.4. The van der Waals surface area contributed by atoms with Gasteiger partial charge in [0.2, 0.25) is 13.8 Å². The highest BCUT2D eigenvalue weighted by Crippen LogP contribution is 2.46. The zero-order valence-electron chi connectivity index (χ0n) is 17.7. The maximum atomic E-state index is 14.9. The molecule has 0 aromatic heterocycles. The molecule has 0 saturated carbocycles. The first-order valence-corrected chi connectivity index (χ1v) is 12.5. The molecule has 1 unspecified atom stereocenters. The highest BCUT2D eigenvalue weighted by molar-refractivity contribution is 7.77. The van der Waals surface area contributed by atoms with Gasteiger partial charge in [-0.3, -0.25) is 14.7 Å². The Labute approximate surface area is 197 Å². The Bertz CT molecular complexity index is 1230. The van der Waals surface area contributed by atoms with Crippen LogP contribution < -0.4 is 15.7 Å². The molecule has 0 aliphatic heterocycles. The monoisotopic (exact) mass is 476 g/mol. The Morgan fingerprint density at radius 3 is 1.61 bits per heavy atom. The summed E-state index contributed by atoms with van der Waals surface area (Å²) >= 11 is 6.13. The predicted molar refractivity (Wildman–Crippen MR) is 133 cm³/mol. The summed E-state index contributed by atoms with van der Waals surface area (Å²) in [6.07, 6.45) is 0. The Morgan fingerprint density at radius 1 is 0.727 bits per heavy atom. The molecule has 0 radical (unpaired) electrons. The molecule has 4 rings (SSSR count). The lowest BCUT2D eigenvalue weighted by Crippen LogP contribution is -2.50. The second-order valence-corrected chi connectivity index (χ2v) is 10.6. The van der Waals surface area contributed by atoms with E-state index < -0.39 is 19.4 Å². The largest absolute Gasteiger partial charge is 0.296 e. The van der Waals surface area contributed by atoms with E-state index in [9.17, 15) is 14.7 Å². The topological polar surface area (TPSA) is 72.2 Å². The third-order valence-electron chi connectivity index (χ3n) is 5.56. The molecule has 0 amide bonds. The van der Waals surface area contributed by atoms with Crippen LogP contribution in [0.5, 0.6) is 0 Å². The average molecular weight is 477 g/mol. The molecule has 7 heteroatoms. The summed E-state index contributed by atoms with van der Waals surface area (Å²) < 4.78 is 14.9. The molecule has 166 valence electrons. The van der Waals surface area contributed by atoms with Gasteiger partial charge in [-0.2, -0.15) is 0 Å². The van der Waals surface area contributed by atoms with E-state index in [4.69, 9.17) is 11.6 Å². The number of nitro groups is 1. The average Bonchev–Trinajstić information content (AvgIpc) is 2.85. The number of hydrogen-bond acceptors (Lipinski definition) is 3. The fraction of sp³-hybridized carbons (Fsp3) is 0.0769. The molecule has 0 fully saturated rings. The van der Waals surface area contributed by atoms with Crippen LogP contribution in [-0.4, -0.2) is 11.5 Å². The van der Waals surface area contributed by atoms with E-state index in [0.717, 1.165) is 0 Å². The van der Waals surface area contributed by atoms with Gasteiger partial charge in [-0.1, -0.05) is 90.5 Å². The van der Waals surface area contributed by atoms with Crippen molar-refractivity contribution >= 4 is 29.5 Å². The molecule has 0 aliphatic carbocycles. The molecule has 1 N–H and O–H groups in total. The molecule has 33 heavy (non-hydrogen) atoms. The zero-order chi connectivity index (χ0) is 23.3. The van der Waals surface area contributed by atoms with Gasteiger partial charge < -0.3 is 0 Å². The first kappa shape index (κ1) is 22.9. The van der Waals surface area contributed by atoms with Crippen molar-refractivity contribution < 1.29 is 9.49 Å². The molecular weight excluding hydrogens is 455 g/mol. The van der Waals surface area contributed by atoms with Gasteiger partial charge in [-0.15, -0.1) is 0 Å². The van der Waals surface area contributed by atoms with Crippen LogP contribution in [0.25, 0.3) is 0 Å². The summed E-state index contributed by atoms with van der Waals surface area (Å²) in [7, 11) is -3.53. The fourth-order valence-corrected chi connectivity index (χ4v) is 6.72. The number of nitrogens with zero attached hydrogens (tertiary/aromatic N) is 1. The van der Waals surface area contributed by atoms with E-state index in [1.807, 2.05) is 66.7 Å². The van der Waals surface area contributed by atoms with E-state index in [-0.39, 0.29) is 4.92 Å². The lowest BCUT2D eigenvalue weighted by atomic mass is 9.84. The Hall–Kier alpha value is -3.24. The minimum atomic E-state index is -3.53. The molecule has 0 heterocycles. The third-order valence-corrected chi connectivity index (χ3v) is 8.56. The van der Waals surface area contributed by atoms with Crippen LogP contribution in [0.4, 0.5) is 0 Å². The van der Waals surface area contributed by atoms with Crippen LogP contribution in [0.2, 0.25) is 5.02 Å². The van der Waals surface area contributed by atoms with Crippen molar-refractivity contribution in [2.45, 2.75) is 5.54 Å². The van der Waals surface area contributed by atoms with Gasteiger partial charge in [-0.05, 0) is 47.5 Å². The van der Waals surface area contributed by atoms with Gasteiger partial charge in [0.25, 0.3) is 0 Å². The van der Waals surface area contributed by atoms with Gasteiger partial charge in [0.1, 0.15) is 5.54 Å². The van der Waals surface area contributed by atoms with Crippen LogP contribution in [0.3, 0.4) is 0 Å². The minimum Gasteiger partial charge on any atom is -0.296 e. The van der Waals surface area contributed by atoms with Crippen molar-refractivity contribution in [1.82, 2.24) is 5.09 Å². The van der Waals surface area contributed by atoms with E-state index >= 15 is 0 Å². The number of nitrogens with one attached hydrogen (secondary N) is 1. The van der Waals surface area contributed by atoms with Crippen molar-refractivity contribution in [2.24, 2.45) is 0 Å². The van der Waals surface area contributed by atoms with Crippen LogP contribution in [0, 0.1) is 10.1 Å². The maximum absolute atomic E-state index is 14.9. The first-order chi connectivity index (χ1) is 15.9. The van der Waals surface area contributed by atoms with Gasteiger partial charge >= 0.3 is 0 Å². The Balaban J connectivity index is 2.01. The molecular formula is C26H22ClN2O3P. The second kappa shape index (κ2) is 9.72. The van der Waals surface area contributed by atoms with E-state index in [0.29, 0.717) is 26.8 Å². The SMILES string of the molecule is O=[N+]([O-])CC(NP(=O)(c1ccccc1)c1ccccc1)(c1ccccc1)c1ccc(Cl)cc1. The summed E-state index contributed by atoms with van der Waals surface area (Å²) in [5, 5.41) is 17.0. The summed E-state index contributed by atoms with van der Waals surface area (Å²) in [4.78, 5) is 11.7. The van der Waals surface area contributed by atoms with Gasteiger partial charge in [0.15, 0.2) is 0 Å². The summed E-state index contributed by atoms with van der Waals surface area (Å²) in [6.45, 7) is -0.512. The molecule has 4 aromatic carbocycles. The lowest BCUT2D eigenvalue weighted by Gasteiger charge is -2.36. The number of rotatable bonds is 8. The second-order valence-electron chi connectivity index (χ2n) is 7.66. The van der Waals surface area contributed by atoms with E-state index in [2.05, 4.69) is 5.09 Å². The molecule has 0 saturated heterocycles.